The first-order valence-corrected chi connectivity index (χ1v) is 4.94. The molecule has 0 aliphatic heterocycles. The maximum absolute atomic E-state index is 9.84. The van der Waals surface area contributed by atoms with Crippen LogP contribution in [0.2, 0.25) is 0 Å². The fourth-order valence-electron chi connectivity index (χ4n) is 2.09. The van der Waals surface area contributed by atoms with E-state index in [9.17, 15) is 5.11 Å². The molecule has 1 aliphatic rings. The Morgan fingerprint density at radius 3 is 2.93 bits per heavy atom. The molecule has 0 fully saturated rings. The third-order valence-corrected chi connectivity index (χ3v) is 2.91. The predicted molar refractivity (Wildman–Crippen MR) is 53.9 cm³/mol. The van der Waals surface area contributed by atoms with Crippen molar-refractivity contribution in [2.24, 2.45) is 5.73 Å². The average molecular weight is 193 g/mol. The van der Waals surface area contributed by atoms with Gasteiger partial charge in [0.1, 0.15) is 5.75 Å². The molecule has 3 nitrogen and oxygen atoms in total. The lowest BCUT2D eigenvalue weighted by molar-refractivity contribution is 0.274. The molecule has 0 heterocycles. The van der Waals surface area contributed by atoms with E-state index in [0.29, 0.717) is 5.56 Å². The Bertz CT molecular complexity index is 349. The number of nitrogens with two attached hydrogens (primary N) is 1. The van der Waals surface area contributed by atoms with Crippen molar-refractivity contribution in [3.05, 3.63) is 28.8 Å². The lowest BCUT2D eigenvalue weighted by Crippen LogP contribution is -2.17. The third kappa shape index (κ3) is 1.38. The molecule has 3 heteroatoms. The number of fused-ring (bicyclic) bond motifs is 1. The van der Waals surface area contributed by atoms with Crippen molar-refractivity contribution >= 4 is 0 Å². The lowest BCUT2D eigenvalue weighted by Gasteiger charge is -2.23. The van der Waals surface area contributed by atoms with Crippen LogP contribution >= 0.6 is 0 Å². The van der Waals surface area contributed by atoms with E-state index in [1.165, 1.54) is 0 Å². The van der Waals surface area contributed by atoms with Gasteiger partial charge in [-0.3, -0.25) is 0 Å². The Labute approximate surface area is 83.2 Å². The molecule has 0 aromatic heterocycles. The highest BCUT2D eigenvalue weighted by atomic mass is 16.3. The summed E-state index contributed by atoms with van der Waals surface area (Å²) in [6, 6.07) is 3.71. The van der Waals surface area contributed by atoms with Crippen molar-refractivity contribution in [3.8, 4) is 5.75 Å². The third-order valence-electron chi connectivity index (χ3n) is 2.91. The first-order valence-electron chi connectivity index (χ1n) is 4.94. The van der Waals surface area contributed by atoms with Crippen molar-refractivity contribution in [1.29, 1.82) is 0 Å². The zero-order valence-corrected chi connectivity index (χ0v) is 8.03. The van der Waals surface area contributed by atoms with E-state index >= 15 is 0 Å². The average Bonchev–Trinajstić information content (AvgIpc) is 2.20. The number of rotatable bonds is 1. The molecule has 1 aromatic rings. The number of phenols is 1. The van der Waals surface area contributed by atoms with Crippen LogP contribution in [0.15, 0.2) is 12.1 Å². The molecule has 0 radical (unpaired) electrons. The normalized spacial score (nSPS) is 20.6. The minimum atomic E-state index is -0.117. The minimum absolute atomic E-state index is 0.0393. The Balaban J connectivity index is 2.52. The summed E-state index contributed by atoms with van der Waals surface area (Å²) in [4.78, 5) is 0. The minimum Gasteiger partial charge on any atom is -0.507 e. The molecule has 14 heavy (non-hydrogen) atoms. The van der Waals surface area contributed by atoms with Crippen LogP contribution in [-0.2, 0) is 13.0 Å². The Morgan fingerprint density at radius 1 is 1.43 bits per heavy atom. The summed E-state index contributed by atoms with van der Waals surface area (Å²) < 4.78 is 0. The number of benzene rings is 1. The molecule has 76 valence electrons. The second-order valence-electron chi connectivity index (χ2n) is 3.80. The first-order chi connectivity index (χ1) is 6.74. The molecule has 1 aromatic carbocycles. The van der Waals surface area contributed by atoms with Crippen LogP contribution in [-0.4, -0.2) is 10.2 Å². The number of aliphatic hydroxyl groups is 1. The van der Waals surface area contributed by atoms with Crippen LogP contribution in [0.1, 0.15) is 35.6 Å². The van der Waals surface area contributed by atoms with Crippen molar-refractivity contribution in [2.45, 2.75) is 31.9 Å². The molecule has 1 atom stereocenters. The second-order valence-corrected chi connectivity index (χ2v) is 3.80. The topological polar surface area (TPSA) is 66.5 Å². The molecule has 1 aliphatic carbocycles. The van der Waals surface area contributed by atoms with Gasteiger partial charge in [0.05, 0.1) is 6.61 Å². The summed E-state index contributed by atoms with van der Waals surface area (Å²) in [7, 11) is 0. The highest BCUT2D eigenvalue weighted by molar-refractivity contribution is 5.47. The van der Waals surface area contributed by atoms with Gasteiger partial charge in [0, 0.05) is 11.6 Å². The van der Waals surface area contributed by atoms with Crippen molar-refractivity contribution in [3.63, 3.8) is 0 Å². The number of aromatic hydroxyl groups is 1. The molecule has 0 spiro atoms. The van der Waals surface area contributed by atoms with Crippen LogP contribution in [0.5, 0.6) is 5.75 Å². The van der Waals surface area contributed by atoms with Gasteiger partial charge < -0.3 is 15.9 Å². The largest absolute Gasteiger partial charge is 0.507 e. The van der Waals surface area contributed by atoms with Gasteiger partial charge in [0.2, 0.25) is 0 Å². The Hall–Kier alpha value is -1.06. The van der Waals surface area contributed by atoms with Crippen molar-refractivity contribution < 1.29 is 10.2 Å². The predicted octanol–water partition coefficient (Wildman–Crippen LogP) is 1.22. The van der Waals surface area contributed by atoms with Crippen LogP contribution < -0.4 is 5.73 Å². The fraction of sp³-hybridized carbons (Fsp3) is 0.455. The molecular formula is C11H15NO2. The summed E-state index contributed by atoms with van der Waals surface area (Å²) in [5.41, 5.74) is 8.49. The molecule has 0 unspecified atom stereocenters. The summed E-state index contributed by atoms with van der Waals surface area (Å²) >= 11 is 0. The Kier molecular flexibility index (Phi) is 2.44. The van der Waals surface area contributed by atoms with Crippen molar-refractivity contribution in [2.75, 3.05) is 0 Å². The SMILES string of the molecule is N[C@@H]1CCCc2c1ccc(CO)c2O. The van der Waals surface area contributed by atoms with E-state index < -0.39 is 0 Å². The highest BCUT2D eigenvalue weighted by Crippen LogP contribution is 2.35. The van der Waals surface area contributed by atoms with Crippen molar-refractivity contribution in [1.82, 2.24) is 0 Å². The van der Waals surface area contributed by atoms with Crippen LogP contribution in [0.4, 0.5) is 0 Å². The summed E-state index contributed by atoms with van der Waals surface area (Å²) in [6.45, 7) is -0.117. The number of hydrogen-bond acceptors (Lipinski definition) is 3. The van der Waals surface area contributed by atoms with Gasteiger partial charge in [-0.15, -0.1) is 0 Å². The molecule has 0 saturated heterocycles. The van der Waals surface area contributed by atoms with E-state index in [0.717, 1.165) is 30.4 Å². The van der Waals surface area contributed by atoms with E-state index in [1.54, 1.807) is 6.07 Å². The van der Waals surface area contributed by atoms with Gasteiger partial charge >= 0.3 is 0 Å². The van der Waals surface area contributed by atoms with Gasteiger partial charge in [-0.1, -0.05) is 12.1 Å². The number of aliphatic hydroxyl groups excluding tert-OH is 1. The van der Waals surface area contributed by atoms with E-state index in [-0.39, 0.29) is 18.4 Å². The molecular weight excluding hydrogens is 178 g/mol. The summed E-state index contributed by atoms with van der Waals surface area (Å²) in [5.74, 6) is 0.236. The first kappa shape index (κ1) is 9.49. The fourth-order valence-corrected chi connectivity index (χ4v) is 2.09. The molecule has 4 N–H and O–H groups in total. The zero-order chi connectivity index (χ0) is 10.1. The summed E-state index contributed by atoms with van der Waals surface area (Å²) in [6.07, 6.45) is 2.85. The quantitative estimate of drug-likeness (QED) is 0.628. The lowest BCUT2D eigenvalue weighted by atomic mass is 9.86. The Morgan fingerprint density at radius 2 is 2.21 bits per heavy atom. The van der Waals surface area contributed by atoms with Gasteiger partial charge in [-0.05, 0) is 30.4 Å². The van der Waals surface area contributed by atoms with E-state index in [1.807, 2.05) is 6.07 Å². The zero-order valence-electron chi connectivity index (χ0n) is 8.03. The van der Waals surface area contributed by atoms with E-state index in [4.69, 9.17) is 10.8 Å². The highest BCUT2D eigenvalue weighted by Gasteiger charge is 2.20. The van der Waals surface area contributed by atoms with Gasteiger partial charge in [-0.2, -0.15) is 0 Å². The molecule has 0 bridgehead atoms. The smallest absolute Gasteiger partial charge is 0.124 e. The van der Waals surface area contributed by atoms with Crippen LogP contribution in [0, 0.1) is 0 Å². The van der Waals surface area contributed by atoms with E-state index in [2.05, 4.69) is 0 Å². The molecule has 0 saturated carbocycles. The van der Waals surface area contributed by atoms with Gasteiger partial charge in [-0.25, -0.2) is 0 Å². The number of hydrogen-bond donors (Lipinski definition) is 3. The maximum Gasteiger partial charge on any atom is 0.124 e. The van der Waals surface area contributed by atoms with Gasteiger partial charge in [0.15, 0.2) is 0 Å². The molecule has 0 amide bonds. The standard InChI is InChI=1S/C11H15NO2/c12-10-3-1-2-9-8(10)5-4-7(6-13)11(9)14/h4-5,10,13-14H,1-3,6,12H2/t10-/m1/s1. The second kappa shape index (κ2) is 3.59. The maximum atomic E-state index is 9.84. The van der Waals surface area contributed by atoms with Crippen LogP contribution in [0.3, 0.4) is 0 Å². The monoisotopic (exact) mass is 193 g/mol. The van der Waals surface area contributed by atoms with Gasteiger partial charge in [0.25, 0.3) is 0 Å². The van der Waals surface area contributed by atoms with Crippen LogP contribution in [0.25, 0.3) is 0 Å². The molecule has 2 rings (SSSR count). The summed E-state index contributed by atoms with van der Waals surface area (Å²) in [5, 5.41) is 18.8.